The number of halogens is 1. The van der Waals surface area contributed by atoms with E-state index >= 15 is 0 Å². The average Bonchev–Trinajstić information content (AvgIpc) is 2.33. The molecule has 0 aromatic heterocycles. The molecule has 0 aliphatic heterocycles. The molecule has 0 fully saturated rings. The van der Waals surface area contributed by atoms with Gasteiger partial charge in [-0.3, -0.25) is 0 Å². The second kappa shape index (κ2) is 7.90. The maximum atomic E-state index is 10.8. The molecule has 3 N–H and O–H groups in total. The van der Waals surface area contributed by atoms with Crippen molar-refractivity contribution in [1.82, 2.24) is 0 Å². The number of benzene rings is 1. The summed E-state index contributed by atoms with van der Waals surface area (Å²) in [6.07, 6.45) is 1.98. The van der Waals surface area contributed by atoms with Gasteiger partial charge in [-0.05, 0) is 46.8 Å². The molecule has 23 heavy (non-hydrogen) atoms. The van der Waals surface area contributed by atoms with Gasteiger partial charge in [-0.1, -0.05) is 61.5 Å². The highest BCUT2D eigenvalue weighted by Gasteiger charge is 2.26. The SMILES string of the molecule is CC(C)CC[C@H](N)c1cc(C(C)(C)C)cc(C(C)(C)C)c1O.Cl. The summed E-state index contributed by atoms with van der Waals surface area (Å²) in [4.78, 5) is 0. The molecule has 1 rings (SSSR count). The van der Waals surface area contributed by atoms with Gasteiger partial charge in [0.15, 0.2) is 0 Å². The molecule has 0 unspecified atom stereocenters. The van der Waals surface area contributed by atoms with E-state index in [9.17, 15) is 5.11 Å². The number of phenols is 1. The number of hydrogen-bond acceptors (Lipinski definition) is 2. The van der Waals surface area contributed by atoms with Gasteiger partial charge in [0.05, 0.1) is 0 Å². The van der Waals surface area contributed by atoms with Crippen LogP contribution in [0.3, 0.4) is 0 Å². The summed E-state index contributed by atoms with van der Waals surface area (Å²) in [5, 5.41) is 10.8. The first-order valence-electron chi connectivity index (χ1n) is 8.47. The van der Waals surface area contributed by atoms with Crippen molar-refractivity contribution in [2.24, 2.45) is 11.7 Å². The molecule has 1 aromatic rings. The van der Waals surface area contributed by atoms with Gasteiger partial charge < -0.3 is 10.8 Å². The smallest absolute Gasteiger partial charge is 0.124 e. The summed E-state index contributed by atoms with van der Waals surface area (Å²) in [5.74, 6) is 1.01. The van der Waals surface area contributed by atoms with Crippen LogP contribution >= 0.6 is 12.4 Å². The standard InChI is InChI=1S/C20H35NO.ClH/c1-13(2)9-10-17(21)15-11-14(19(3,4)5)12-16(18(15)22)20(6,7)8;/h11-13,17,22H,9-10,21H2,1-8H3;1H/t17-;/m0./s1. The highest BCUT2D eigenvalue weighted by atomic mass is 35.5. The molecule has 0 saturated carbocycles. The predicted molar refractivity (Wildman–Crippen MR) is 104 cm³/mol. The lowest BCUT2D eigenvalue weighted by Gasteiger charge is -2.29. The maximum Gasteiger partial charge on any atom is 0.124 e. The Labute approximate surface area is 149 Å². The number of rotatable bonds is 4. The fourth-order valence-corrected chi connectivity index (χ4v) is 2.61. The van der Waals surface area contributed by atoms with Gasteiger partial charge in [0, 0.05) is 11.6 Å². The number of nitrogens with two attached hydrogens (primary N) is 1. The number of aromatic hydroxyl groups is 1. The van der Waals surface area contributed by atoms with Crippen molar-refractivity contribution < 1.29 is 5.11 Å². The first-order valence-corrected chi connectivity index (χ1v) is 8.47. The van der Waals surface area contributed by atoms with Gasteiger partial charge >= 0.3 is 0 Å². The molecule has 0 bridgehead atoms. The third-order valence-electron chi connectivity index (χ3n) is 4.27. The molecule has 0 spiro atoms. The third-order valence-corrected chi connectivity index (χ3v) is 4.27. The van der Waals surface area contributed by atoms with Crippen LogP contribution in [0.4, 0.5) is 0 Å². The van der Waals surface area contributed by atoms with Crippen LogP contribution in [0.1, 0.15) is 91.0 Å². The topological polar surface area (TPSA) is 46.2 Å². The fourth-order valence-electron chi connectivity index (χ4n) is 2.61. The van der Waals surface area contributed by atoms with Crippen LogP contribution in [0, 0.1) is 5.92 Å². The lowest BCUT2D eigenvalue weighted by Crippen LogP contribution is -2.20. The van der Waals surface area contributed by atoms with E-state index in [4.69, 9.17) is 5.73 Å². The Kier molecular flexibility index (Phi) is 7.64. The molecule has 0 radical (unpaired) electrons. The number of phenolic OH excluding ortho intramolecular Hbond substituents is 1. The van der Waals surface area contributed by atoms with Crippen LogP contribution in [-0.2, 0) is 10.8 Å². The summed E-state index contributed by atoms with van der Waals surface area (Å²) in [7, 11) is 0. The van der Waals surface area contributed by atoms with Gasteiger partial charge in [0.25, 0.3) is 0 Å². The molecule has 1 aromatic carbocycles. The minimum Gasteiger partial charge on any atom is -0.507 e. The molecule has 1 atom stereocenters. The molecule has 2 nitrogen and oxygen atoms in total. The maximum absolute atomic E-state index is 10.8. The molecular weight excluding hydrogens is 306 g/mol. The Bertz CT molecular complexity index is 510. The summed E-state index contributed by atoms with van der Waals surface area (Å²) >= 11 is 0. The fraction of sp³-hybridized carbons (Fsp3) is 0.700. The minimum absolute atomic E-state index is 0. The van der Waals surface area contributed by atoms with Crippen LogP contribution in [0.15, 0.2) is 12.1 Å². The number of hydrogen-bond donors (Lipinski definition) is 2. The molecular formula is C20H36ClNO. The van der Waals surface area contributed by atoms with Gasteiger partial charge in [0.1, 0.15) is 5.75 Å². The van der Waals surface area contributed by atoms with Gasteiger partial charge in [-0.2, -0.15) is 0 Å². The second-order valence-corrected chi connectivity index (χ2v) is 9.04. The second-order valence-electron chi connectivity index (χ2n) is 9.04. The van der Waals surface area contributed by atoms with Gasteiger partial charge in [-0.25, -0.2) is 0 Å². The van der Waals surface area contributed by atoms with E-state index in [0.717, 1.165) is 24.0 Å². The van der Waals surface area contributed by atoms with Crippen molar-refractivity contribution in [1.29, 1.82) is 0 Å². The first-order chi connectivity index (χ1) is 9.84. The third kappa shape index (κ3) is 6.00. The van der Waals surface area contributed by atoms with E-state index in [2.05, 4.69) is 67.5 Å². The molecule has 0 aliphatic carbocycles. The first kappa shape index (κ1) is 22.3. The quantitative estimate of drug-likeness (QED) is 0.722. The van der Waals surface area contributed by atoms with E-state index in [-0.39, 0.29) is 29.3 Å². The predicted octanol–water partition coefficient (Wildman–Crippen LogP) is 5.85. The Balaban J connectivity index is 0.00000484. The molecule has 0 amide bonds. The largest absolute Gasteiger partial charge is 0.507 e. The molecule has 134 valence electrons. The van der Waals surface area contributed by atoms with Gasteiger partial charge in [0.2, 0.25) is 0 Å². The summed E-state index contributed by atoms with van der Waals surface area (Å²) < 4.78 is 0. The van der Waals surface area contributed by atoms with E-state index in [1.54, 1.807) is 0 Å². The molecule has 0 aliphatic rings. The lowest BCUT2D eigenvalue weighted by atomic mass is 9.78. The zero-order chi connectivity index (χ0) is 17.3. The van der Waals surface area contributed by atoms with Crippen LogP contribution in [-0.4, -0.2) is 5.11 Å². The van der Waals surface area contributed by atoms with Crippen molar-refractivity contribution in [2.75, 3.05) is 0 Å². The summed E-state index contributed by atoms with van der Waals surface area (Å²) in [5.41, 5.74) is 9.49. The van der Waals surface area contributed by atoms with Crippen LogP contribution < -0.4 is 5.73 Å². The Morgan fingerprint density at radius 3 is 1.87 bits per heavy atom. The lowest BCUT2D eigenvalue weighted by molar-refractivity contribution is 0.424. The van der Waals surface area contributed by atoms with Crippen LogP contribution in [0.2, 0.25) is 0 Å². The van der Waals surface area contributed by atoms with E-state index in [1.807, 2.05) is 0 Å². The van der Waals surface area contributed by atoms with Gasteiger partial charge in [-0.15, -0.1) is 12.4 Å². The average molecular weight is 342 g/mol. The zero-order valence-electron chi connectivity index (χ0n) is 16.2. The Morgan fingerprint density at radius 2 is 1.48 bits per heavy atom. The highest BCUT2D eigenvalue weighted by molar-refractivity contribution is 5.85. The van der Waals surface area contributed by atoms with Crippen molar-refractivity contribution in [3.05, 3.63) is 28.8 Å². The zero-order valence-corrected chi connectivity index (χ0v) is 17.0. The van der Waals surface area contributed by atoms with E-state index < -0.39 is 0 Å². The molecule has 0 saturated heterocycles. The van der Waals surface area contributed by atoms with Crippen LogP contribution in [0.25, 0.3) is 0 Å². The molecule has 0 heterocycles. The van der Waals surface area contributed by atoms with Crippen molar-refractivity contribution >= 4 is 12.4 Å². The van der Waals surface area contributed by atoms with E-state index in [1.165, 1.54) is 5.56 Å². The van der Waals surface area contributed by atoms with Crippen LogP contribution in [0.5, 0.6) is 5.75 Å². The van der Waals surface area contributed by atoms with Crippen molar-refractivity contribution in [2.45, 2.75) is 85.1 Å². The Morgan fingerprint density at radius 1 is 0.957 bits per heavy atom. The summed E-state index contributed by atoms with van der Waals surface area (Å²) in [6, 6.07) is 4.15. The summed E-state index contributed by atoms with van der Waals surface area (Å²) in [6.45, 7) is 17.4. The monoisotopic (exact) mass is 341 g/mol. The minimum atomic E-state index is -0.106. The Hall–Kier alpha value is -0.730. The normalized spacial score (nSPS) is 13.8. The molecule has 3 heteroatoms. The van der Waals surface area contributed by atoms with E-state index in [0.29, 0.717) is 11.7 Å². The van der Waals surface area contributed by atoms with Crippen molar-refractivity contribution in [3.8, 4) is 5.75 Å². The van der Waals surface area contributed by atoms with Crippen molar-refractivity contribution in [3.63, 3.8) is 0 Å². The highest BCUT2D eigenvalue weighted by Crippen LogP contribution is 2.40.